The number of ether oxygens (including phenoxy) is 3. The van der Waals surface area contributed by atoms with Crippen molar-refractivity contribution in [3.8, 4) is 0 Å². The van der Waals surface area contributed by atoms with E-state index in [0.717, 1.165) is 0 Å². The molecule has 0 bridgehead atoms. The Labute approximate surface area is 92.5 Å². The monoisotopic (exact) mass is 230 g/mol. The predicted molar refractivity (Wildman–Crippen MR) is 54.1 cm³/mol. The van der Waals surface area contributed by atoms with Gasteiger partial charge in [-0.05, 0) is 0 Å². The highest BCUT2D eigenvalue weighted by Gasteiger charge is 2.20. The fourth-order valence-electron chi connectivity index (χ4n) is 1.10. The molecule has 0 aromatic heterocycles. The lowest BCUT2D eigenvalue weighted by Crippen LogP contribution is -2.23. The molecule has 3 N–H and O–H groups in total. The van der Waals surface area contributed by atoms with Gasteiger partial charge in [0, 0.05) is 13.2 Å². The Kier molecular flexibility index (Phi) is 4.74. The molecule has 0 aromatic rings. The molecule has 0 spiro atoms. The second kappa shape index (κ2) is 6.09. The second-order valence-corrected chi connectivity index (χ2v) is 2.96. The number of carboxylic acid groups (broad SMARTS) is 1. The largest absolute Gasteiger partial charge is 0.477 e. The van der Waals surface area contributed by atoms with Crippen molar-refractivity contribution in [3.05, 3.63) is 11.8 Å². The summed E-state index contributed by atoms with van der Waals surface area (Å²) < 4.78 is 15.1. The van der Waals surface area contributed by atoms with Gasteiger partial charge in [-0.25, -0.2) is 4.79 Å². The van der Waals surface area contributed by atoms with E-state index in [1.165, 1.54) is 6.20 Å². The van der Waals surface area contributed by atoms with Crippen LogP contribution in [0.25, 0.3) is 0 Å². The van der Waals surface area contributed by atoms with Crippen LogP contribution >= 0.6 is 0 Å². The Balaban J connectivity index is 2.42. The van der Waals surface area contributed by atoms with Crippen LogP contribution in [-0.4, -0.2) is 50.1 Å². The molecule has 0 aliphatic carbocycles. The van der Waals surface area contributed by atoms with E-state index in [-0.39, 0.29) is 12.2 Å². The third-order valence-electron chi connectivity index (χ3n) is 1.82. The van der Waals surface area contributed by atoms with Gasteiger partial charge >= 0.3 is 5.97 Å². The predicted octanol–water partition coefficient (Wildman–Crippen LogP) is -0.459. The van der Waals surface area contributed by atoms with Crippen molar-refractivity contribution in [2.45, 2.75) is 6.29 Å². The van der Waals surface area contributed by atoms with Crippen molar-refractivity contribution in [3.63, 3.8) is 0 Å². The number of rotatable bonds is 5. The van der Waals surface area contributed by atoms with Crippen LogP contribution in [0.1, 0.15) is 0 Å². The number of carbonyl (C=O) groups is 1. The minimum atomic E-state index is -1.23. The van der Waals surface area contributed by atoms with Crippen molar-refractivity contribution in [2.24, 2.45) is 0 Å². The first-order valence-electron chi connectivity index (χ1n) is 4.70. The van der Waals surface area contributed by atoms with Gasteiger partial charge in [-0.2, -0.15) is 0 Å². The van der Waals surface area contributed by atoms with Gasteiger partial charge in [-0.1, -0.05) is 0 Å². The van der Waals surface area contributed by atoms with E-state index in [4.69, 9.17) is 24.7 Å². The molecule has 7 heteroatoms. The molecule has 90 valence electrons. The summed E-state index contributed by atoms with van der Waals surface area (Å²) in [7, 11) is 1.54. The zero-order valence-electron chi connectivity index (χ0n) is 8.86. The van der Waals surface area contributed by atoms with Gasteiger partial charge in [0.1, 0.15) is 12.2 Å². The molecule has 0 aromatic carbocycles. The Morgan fingerprint density at radius 1 is 1.62 bits per heavy atom. The molecular formula is C9H14N2O5. The second-order valence-electron chi connectivity index (χ2n) is 2.96. The maximum atomic E-state index is 10.7. The standard InChI is InChI=1S/C9H14N2O5/c1-11-4-6(9(12)13)8(10)16-5-7-14-2-3-15-7/h4,7,10-11H,2-3,5H2,1H3,(H,12,13)/b6-4+,10-8?. The lowest BCUT2D eigenvalue weighted by molar-refractivity contribution is -0.132. The molecule has 1 rings (SSSR count). The molecule has 0 unspecified atom stereocenters. The number of hydrogen-bond donors (Lipinski definition) is 3. The van der Waals surface area contributed by atoms with E-state index in [2.05, 4.69) is 5.32 Å². The van der Waals surface area contributed by atoms with E-state index in [9.17, 15) is 4.79 Å². The van der Waals surface area contributed by atoms with E-state index in [1.807, 2.05) is 0 Å². The highest BCUT2D eigenvalue weighted by molar-refractivity contribution is 6.14. The molecule has 0 amide bonds. The smallest absolute Gasteiger partial charge is 0.342 e. The molecule has 7 nitrogen and oxygen atoms in total. The van der Waals surface area contributed by atoms with E-state index >= 15 is 0 Å². The first-order valence-corrected chi connectivity index (χ1v) is 4.70. The number of aliphatic carboxylic acids is 1. The molecule has 0 saturated carbocycles. The van der Waals surface area contributed by atoms with Gasteiger partial charge in [-0.3, -0.25) is 5.41 Å². The quantitative estimate of drug-likeness (QED) is 0.335. The summed E-state index contributed by atoms with van der Waals surface area (Å²) in [6.07, 6.45) is 0.658. The summed E-state index contributed by atoms with van der Waals surface area (Å²) in [5, 5.41) is 18.7. The zero-order chi connectivity index (χ0) is 12.0. The SMILES string of the molecule is CN/C=C(\C(=N)OCC1OCCO1)C(=O)O. The van der Waals surface area contributed by atoms with Crippen LogP contribution in [0.4, 0.5) is 0 Å². The molecular weight excluding hydrogens is 216 g/mol. The molecule has 0 atom stereocenters. The fraction of sp³-hybridized carbons (Fsp3) is 0.556. The van der Waals surface area contributed by atoms with Gasteiger partial charge < -0.3 is 24.6 Å². The van der Waals surface area contributed by atoms with Crippen LogP contribution in [0.3, 0.4) is 0 Å². The minimum absolute atomic E-state index is 0.00711. The van der Waals surface area contributed by atoms with Gasteiger partial charge in [-0.15, -0.1) is 0 Å². The van der Waals surface area contributed by atoms with Crippen LogP contribution in [0.15, 0.2) is 11.8 Å². The van der Waals surface area contributed by atoms with Crippen molar-refractivity contribution in [1.82, 2.24) is 5.32 Å². The summed E-state index contributed by atoms with van der Waals surface area (Å²) in [5.41, 5.74) is -0.250. The summed E-state index contributed by atoms with van der Waals surface area (Å²) in [6.45, 7) is 0.978. The highest BCUT2D eigenvalue weighted by atomic mass is 16.7. The van der Waals surface area contributed by atoms with E-state index in [0.29, 0.717) is 13.2 Å². The summed E-state index contributed by atoms with van der Waals surface area (Å²) in [5.74, 6) is -1.66. The third kappa shape index (κ3) is 3.52. The first-order chi connectivity index (χ1) is 7.65. The molecule has 0 radical (unpaired) electrons. The zero-order valence-corrected chi connectivity index (χ0v) is 8.86. The van der Waals surface area contributed by atoms with E-state index < -0.39 is 18.2 Å². The van der Waals surface area contributed by atoms with Gasteiger partial charge in [0.2, 0.25) is 5.90 Å². The number of nitrogens with one attached hydrogen (secondary N) is 2. The average Bonchev–Trinajstić information content (AvgIpc) is 2.75. The van der Waals surface area contributed by atoms with Crippen LogP contribution in [-0.2, 0) is 19.0 Å². The van der Waals surface area contributed by atoms with Gasteiger partial charge in [0.25, 0.3) is 0 Å². The lowest BCUT2D eigenvalue weighted by Gasteiger charge is -2.11. The van der Waals surface area contributed by atoms with Gasteiger partial charge in [0.15, 0.2) is 6.29 Å². The van der Waals surface area contributed by atoms with Crippen LogP contribution in [0.5, 0.6) is 0 Å². The Bertz CT molecular complexity index is 296. The Morgan fingerprint density at radius 2 is 2.25 bits per heavy atom. The Morgan fingerprint density at radius 3 is 2.75 bits per heavy atom. The van der Waals surface area contributed by atoms with Crippen molar-refractivity contribution >= 4 is 11.9 Å². The Hall–Kier alpha value is -1.60. The van der Waals surface area contributed by atoms with E-state index in [1.54, 1.807) is 7.05 Å². The van der Waals surface area contributed by atoms with Crippen LogP contribution in [0.2, 0.25) is 0 Å². The van der Waals surface area contributed by atoms with Crippen molar-refractivity contribution in [1.29, 1.82) is 5.41 Å². The summed E-state index contributed by atoms with van der Waals surface area (Å²) >= 11 is 0. The first kappa shape index (κ1) is 12.5. The number of hydrogen-bond acceptors (Lipinski definition) is 6. The van der Waals surface area contributed by atoms with Crippen molar-refractivity contribution < 1.29 is 24.1 Å². The fourth-order valence-corrected chi connectivity index (χ4v) is 1.10. The molecule has 1 aliphatic rings. The lowest BCUT2D eigenvalue weighted by atomic mass is 10.3. The highest BCUT2D eigenvalue weighted by Crippen LogP contribution is 2.06. The summed E-state index contributed by atoms with van der Waals surface area (Å²) in [4.78, 5) is 10.7. The van der Waals surface area contributed by atoms with Crippen LogP contribution in [0, 0.1) is 5.41 Å². The number of carboxylic acids is 1. The molecule has 1 heterocycles. The average molecular weight is 230 g/mol. The molecule has 1 saturated heterocycles. The van der Waals surface area contributed by atoms with Crippen LogP contribution < -0.4 is 5.32 Å². The normalized spacial score (nSPS) is 17.2. The van der Waals surface area contributed by atoms with Crippen molar-refractivity contribution in [2.75, 3.05) is 26.9 Å². The molecule has 1 fully saturated rings. The molecule has 16 heavy (non-hydrogen) atoms. The minimum Gasteiger partial charge on any atom is -0.477 e. The summed E-state index contributed by atoms with van der Waals surface area (Å²) in [6, 6.07) is 0. The maximum Gasteiger partial charge on any atom is 0.342 e. The molecule has 1 aliphatic heterocycles. The maximum absolute atomic E-state index is 10.7. The van der Waals surface area contributed by atoms with Gasteiger partial charge in [0.05, 0.1) is 13.2 Å². The topological polar surface area (TPSA) is 101 Å². The third-order valence-corrected chi connectivity index (χ3v) is 1.82.